The van der Waals surface area contributed by atoms with Crippen molar-refractivity contribution in [3.63, 3.8) is 0 Å². The number of hydrogen-bond acceptors (Lipinski definition) is 2. The minimum Gasteiger partial charge on any atom is -0.343 e. The van der Waals surface area contributed by atoms with Gasteiger partial charge in [0.1, 0.15) is 0 Å². The van der Waals surface area contributed by atoms with E-state index in [0.717, 1.165) is 32.0 Å². The smallest absolute Gasteiger partial charge is 0.222 e. The number of nitrogens with zero attached hydrogens (tertiary/aromatic N) is 1. The second-order valence-corrected chi connectivity index (χ2v) is 5.70. The fourth-order valence-electron chi connectivity index (χ4n) is 2.87. The third-order valence-electron chi connectivity index (χ3n) is 4.24. The Balaban J connectivity index is 0.00000220. The minimum absolute atomic E-state index is 0. The molecule has 1 heterocycles. The van der Waals surface area contributed by atoms with Gasteiger partial charge in [-0.2, -0.15) is 0 Å². The highest BCUT2D eigenvalue weighted by Crippen LogP contribution is 2.20. The Morgan fingerprint density at radius 2 is 1.90 bits per heavy atom. The van der Waals surface area contributed by atoms with Crippen LogP contribution in [0.15, 0.2) is 30.3 Å². The van der Waals surface area contributed by atoms with Gasteiger partial charge in [-0.1, -0.05) is 30.3 Å². The fraction of sp³-hybridized carbons (Fsp3) is 0.588. The summed E-state index contributed by atoms with van der Waals surface area (Å²) in [6.45, 7) is 2.98. The summed E-state index contributed by atoms with van der Waals surface area (Å²) in [5.74, 6) is 1.11. The summed E-state index contributed by atoms with van der Waals surface area (Å²) in [6.07, 6.45) is 5.07. The largest absolute Gasteiger partial charge is 0.343 e. The molecular weight excluding hydrogens is 284 g/mol. The molecule has 1 aliphatic rings. The summed E-state index contributed by atoms with van der Waals surface area (Å²) in [5.41, 5.74) is 1.25. The van der Waals surface area contributed by atoms with Crippen LogP contribution in [0.25, 0.3) is 0 Å². The minimum atomic E-state index is 0. The van der Waals surface area contributed by atoms with Gasteiger partial charge in [0.2, 0.25) is 5.91 Å². The molecule has 3 nitrogen and oxygen atoms in total. The highest BCUT2D eigenvalue weighted by atomic mass is 35.5. The van der Waals surface area contributed by atoms with Crippen molar-refractivity contribution in [2.45, 2.75) is 32.1 Å². The zero-order chi connectivity index (χ0) is 14.2. The highest BCUT2D eigenvalue weighted by molar-refractivity contribution is 5.85. The van der Waals surface area contributed by atoms with Gasteiger partial charge in [0.05, 0.1) is 0 Å². The van der Waals surface area contributed by atoms with Crippen molar-refractivity contribution >= 4 is 18.3 Å². The molecule has 1 aromatic carbocycles. The summed E-state index contributed by atoms with van der Waals surface area (Å²) in [6, 6.07) is 10.3. The number of hydrogen-bond donors (Lipinski definition) is 1. The molecule has 0 aliphatic carbocycles. The molecule has 1 amide bonds. The quantitative estimate of drug-likeness (QED) is 0.876. The van der Waals surface area contributed by atoms with Crippen molar-refractivity contribution in [2.24, 2.45) is 5.92 Å². The maximum atomic E-state index is 12.2. The Morgan fingerprint density at radius 3 is 2.52 bits per heavy atom. The number of nitrogens with one attached hydrogen (secondary N) is 1. The Kier molecular flexibility index (Phi) is 8.40. The molecule has 0 spiro atoms. The van der Waals surface area contributed by atoms with Crippen LogP contribution < -0.4 is 5.32 Å². The van der Waals surface area contributed by atoms with Crippen LogP contribution in [-0.4, -0.2) is 37.5 Å². The van der Waals surface area contributed by atoms with Crippen LogP contribution in [0.2, 0.25) is 0 Å². The van der Waals surface area contributed by atoms with E-state index in [1.54, 1.807) is 0 Å². The van der Waals surface area contributed by atoms with Crippen molar-refractivity contribution in [1.82, 2.24) is 10.2 Å². The van der Waals surface area contributed by atoms with E-state index >= 15 is 0 Å². The van der Waals surface area contributed by atoms with Crippen LogP contribution >= 0.6 is 12.4 Å². The highest BCUT2D eigenvalue weighted by Gasteiger charge is 2.21. The van der Waals surface area contributed by atoms with E-state index in [1.807, 2.05) is 25.2 Å². The van der Waals surface area contributed by atoms with E-state index in [0.29, 0.717) is 12.3 Å². The number of halogens is 1. The molecule has 21 heavy (non-hydrogen) atoms. The van der Waals surface area contributed by atoms with E-state index in [4.69, 9.17) is 0 Å². The van der Waals surface area contributed by atoms with E-state index in [1.165, 1.54) is 24.8 Å². The third kappa shape index (κ3) is 6.06. The topological polar surface area (TPSA) is 32.3 Å². The van der Waals surface area contributed by atoms with Crippen LogP contribution in [0.5, 0.6) is 0 Å². The molecule has 0 saturated carbocycles. The fourth-order valence-corrected chi connectivity index (χ4v) is 2.87. The van der Waals surface area contributed by atoms with Crippen LogP contribution in [0.4, 0.5) is 0 Å². The van der Waals surface area contributed by atoms with Crippen LogP contribution in [0.1, 0.15) is 31.2 Å². The van der Waals surface area contributed by atoms with E-state index in [2.05, 4.69) is 22.3 Å². The van der Waals surface area contributed by atoms with Crippen LogP contribution in [-0.2, 0) is 11.2 Å². The van der Waals surface area contributed by atoms with Crippen molar-refractivity contribution in [3.05, 3.63) is 35.9 Å². The van der Waals surface area contributed by atoms with Gasteiger partial charge < -0.3 is 10.2 Å². The molecule has 1 aliphatic heterocycles. The lowest BCUT2D eigenvalue weighted by Gasteiger charge is -2.32. The van der Waals surface area contributed by atoms with Crippen molar-refractivity contribution in [1.29, 1.82) is 0 Å². The van der Waals surface area contributed by atoms with Crippen LogP contribution in [0.3, 0.4) is 0 Å². The van der Waals surface area contributed by atoms with Gasteiger partial charge in [0.25, 0.3) is 0 Å². The maximum Gasteiger partial charge on any atom is 0.222 e. The molecule has 0 radical (unpaired) electrons. The molecule has 0 aromatic heterocycles. The predicted molar refractivity (Wildman–Crippen MR) is 89.9 cm³/mol. The molecule has 1 saturated heterocycles. The molecule has 118 valence electrons. The first-order chi connectivity index (χ1) is 9.79. The lowest BCUT2D eigenvalue weighted by Crippen LogP contribution is -2.39. The summed E-state index contributed by atoms with van der Waals surface area (Å²) < 4.78 is 0. The second kappa shape index (κ2) is 9.80. The molecule has 2 rings (SSSR count). The van der Waals surface area contributed by atoms with Gasteiger partial charge in [-0.05, 0) is 50.8 Å². The van der Waals surface area contributed by atoms with Gasteiger partial charge in [0.15, 0.2) is 0 Å². The summed E-state index contributed by atoms with van der Waals surface area (Å²) >= 11 is 0. The average Bonchev–Trinajstić information content (AvgIpc) is 2.52. The van der Waals surface area contributed by atoms with Crippen molar-refractivity contribution in [3.8, 4) is 0 Å². The van der Waals surface area contributed by atoms with Gasteiger partial charge in [-0.3, -0.25) is 4.79 Å². The van der Waals surface area contributed by atoms with Gasteiger partial charge >= 0.3 is 0 Å². The number of piperidine rings is 1. The first-order valence-corrected chi connectivity index (χ1v) is 7.76. The molecule has 0 unspecified atom stereocenters. The molecule has 0 bridgehead atoms. The summed E-state index contributed by atoms with van der Waals surface area (Å²) in [7, 11) is 2.00. The number of aryl methyl sites for hydroxylation is 1. The molecule has 1 aromatic rings. The molecule has 4 heteroatoms. The number of likely N-dealkylation sites (tertiary alicyclic amines) is 1. The Hall–Kier alpha value is -1.06. The average molecular weight is 311 g/mol. The number of rotatable bonds is 6. The van der Waals surface area contributed by atoms with E-state index in [9.17, 15) is 4.79 Å². The standard InChI is InChI=1S/C17H26N2O.ClH/c1-18-12-9-16-10-13-19(14-11-16)17(20)8-7-15-5-3-2-4-6-15;/h2-6,16,18H,7-14H2,1H3;1H. The van der Waals surface area contributed by atoms with Crippen molar-refractivity contribution < 1.29 is 4.79 Å². The second-order valence-electron chi connectivity index (χ2n) is 5.70. The summed E-state index contributed by atoms with van der Waals surface area (Å²) in [5, 5.41) is 3.21. The first kappa shape index (κ1) is 18.0. The lowest BCUT2D eigenvalue weighted by atomic mass is 9.93. The Labute approximate surface area is 134 Å². The zero-order valence-electron chi connectivity index (χ0n) is 12.9. The van der Waals surface area contributed by atoms with Crippen LogP contribution in [0, 0.1) is 5.92 Å². The van der Waals surface area contributed by atoms with E-state index in [-0.39, 0.29) is 12.4 Å². The number of benzene rings is 1. The maximum absolute atomic E-state index is 12.2. The Bertz CT molecular complexity index is 403. The SMILES string of the molecule is CNCCC1CCN(C(=O)CCc2ccccc2)CC1.Cl. The molecular formula is C17H27ClN2O. The Morgan fingerprint density at radius 1 is 1.24 bits per heavy atom. The third-order valence-corrected chi connectivity index (χ3v) is 4.24. The zero-order valence-corrected chi connectivity index (χ0v) is 13.7. The normalized spacial score (nSPS) is 15.6. The van der Waals surface area contributed by atoms with Gasteiger partial charge in [-0.25, -0.2) is 0 Å². The molecule has 0 atom stereocenters. The van der Waals surface area contributed by atoms with Crippen molar-refractivity contribution in [2.75, 3.05) is 26.7 Å². The monoisotopic (exact) mass is 310 g/mol. The molecule has 1 N–H and O–H groups in total. The number of amides is 1. The summed E-state index contributed by atoms with van der Waals surface area (Å²) in [4.78, 5) is 14.3. The van der Waals surface area contributed by atoms with Gasteiger partial charge in [0, 0.05) is 19.5 Å². The van der Waals surface area contributed by atoms with E-state index < -0.39 is 0 Å². The predicted octanol–water partition coefficient (Wildman–Crippen LogP) is 2.89. The van der Waals surface area contributed by atoms with Gasteiger partial charge in [-0.15, -0.1) is 12.4 Å². The lowest BCUT2D eigenvalue weighted by molar-refractivity contribution is -0.132. The number of carbonyl (C=O) groups is 1. The molecule has 1 fully saturated rings. The first-order valence-electron chi connectivity index (χ1n) is 7.76. The number of carbonyl (C=O) groups excluding carboxylic acids is 1.